The van der Waals surface area contributed by atoms with E-state index in [1.807, 2.05) is 69.5 Å². The van der Waals surface area contributed by atoms with E-state index in [-0.39, 0.29) is 18.2 Å². The molecule has 0 unspecified atom stereocenters. The molecule has 3 aromatic rings. The highest BCUT2D eigenvalue weighted by molar-refractivity contribution is 6.27. The number of anilines is 2. The van der Waals surface area contributed by atoms with Crippen LogP contribution in [0.25, 0.3) is 22.5 Å². The number of rotatable bonds is 5. The zero-order valence-corrected chi connectivity index (χ0v) is 16.9. The van der Waals surface area contributed by atoms with Crippen LogP contribution in [0, 0.1) is 0 Å². The van der Waals surface area contributed by atoms with Crippen molar-refractivity contribution in [3.63, 3.8) is 0 Å². The summed E-state index contributed by atoms with van der Waals surface area (Å²) in [4.78, 5) is 29.3. The molecule has 1 aromatic heterocycles. The van der Waals surface area contributed by atoms with Crippen molar-refractivity contribution in [2.45, 2.75) is 0 Å². The molecule has 4 rings (SSSR count). The van der Waals surface area contributed by atoms with Crippen molar-refractivity contribution in [3.05, 3.63) is 53.6 Å². The van der Waals surface area contributed by atoms with Gasteiger partial charge < -0.3 is 15.1 Å². The summed E-state index contributed by atoms with van der Waals surface area (Å²) < 4.78 is 0. The number of nitrogens with zero attached hydrogens (tertiary/aromatic N) is 3. The largest absolute Gasteiger partial charge is 0.378 e. The Morgan fingerprint density at radius 1 is 1.03 bits per heavy atom. The highest BCUT2D eigenvalue weighted by Gasteiger charge is 2.34. The van der Waals surface area contributed by atoms with Gasteiger partial charge in [0.25, 0.3) is 0 Å². The quantitative estimate of drug-likeness (QED) is 0.549. The number of hydrogen-bond donors (Lipinski definition) is 2. The molecule has 148 valence electrons. The molecule has 0 saturated carbocycles. The first kappa shape index (κ1) is 18.9. The Balaban J connectivity index is 1.72. The molecule has 29 heavy (non-hydrogen) atoms. The van der Waals surface area contributed by atoms with E-state index >= 15 is 0 Å². The number of amides is 1. The number of hydrogen-bond acceptors (Lipinski definition) is 5. The summed E-state index contributed by atoms with van der Waals surface area (Å²) >= 11 is 0. The standard InChI is InChI=1S/C22H23N5O2/c1-26(2)12-17(28)23-16-7-5-6-15-18(16)22(29)19-20(24-25-21(15)19)13-8-10-14(11-9-13)27(3)4/h5-11H,12H2,1-4H3,(H,23,28)(H,24,25). The normalized spacial score (nSPS) is 12.1. The first-order valence-corrected chi connectivity index (χ1v) is 9.35. The maximum Gasteiger partial charge on any atom is 0.238 e. The first-order valence-electron chi connectivity index (χ1n) is 9.35. The summed E-state index contributed by atoms with van der Waals surface area (Å²) in [5.41, 5.74) is 5.60. The third kappa shape index (κ3) is 3.30. The average molecular weight is 389 g/mol. The van der Waals surface area contributed by atoms with E-state index in [1.165, 1.54) is 0 Å². The van der Waals surface area contributed by atoms with Crippen molar-refractivity contribution in [1.29, 1.82) is 0 Å². The molecular formula is C22H23N5O2. The third-order valence-corrected chi connectivity index (χ3v) is 4.95. The van der Waals surface area contributed by atoms with Crippen LogP contribution in [-0.4, -0.2) is 61.5 Å². The third-order valence-electron chi connectivity index (χ3n) is 4.95. The Labute approximate surface area is 169 Å². The van der Waals surface area contributed by atoms with Crippen molar-refractivity contribution in [3.8, 4) is 22.5 Å². The number of benzene rings is 2. The number of fused-ring (bicyclic) bond motifs is 3. The predicted octanol–water partition coefficient (Wildman–Crippen LogP) is 2.85. The molecule has 1 aliphatic rings. The molecule has 0 atom stereocenters. The molecule has 1 amide bonds. The van der Waals surface area contributed by atoms with Gasteiger partial charge in [0.05, 0.1) is 29.1 Å². The van der Waals surface area contributed by atoms with Crippen LogP contribution in [0.2, 0.25) is 0 Å². The fourth-order valence-electron chi connectivity index (χ4n) is 3.60. The number of likely N-dealkylation sites (N-methyl/N-ethyl adjacent to an activating group) is 1. The van der Waals surface area contributed by atoms with Gasteiger partial charge in [-0.25, -0.2) is 0 Å². The molecule has 0 fully saturated rings. The lowest BCUT2D eigenvalue weighted by molar-refractivity contribution is -0.116. The van der Waals surface area contributed by atoms with Crippen LogP contribution in [0.4, 0.5) is 11.4 Å². The Hall–Kier alpha value is -3.45. The van der Waals surface area contributed by atoms with Crippen LogP contribution in [0.5, 0.6) is 0 Å². The lowest BCUT2D eigenvalue weighted by Crippen LogP contribution is -2.27. The van der Waals surface area contributed by atoms with Crippen molar-refractivity contribution in [2.75, 3.05) is 45.0 Å². The van der Waals surface area contributed by atoms with Crippen molar-refractivity contribution in [2.24, 2.45) is 0 Å². The maximum atomic E-state index is 13.3. The van der Waals surface area contributed by atoms with Crippen molar-refractivity contribution in [1.82, 2.24) is 15.1 Å². The van der Waals surface area contributed by atoms with Crippen LogP contribution < -0.4 is 10.2 Å². The van der Waals surface area contributed by atoms with Gasteiger partial charge in [0, 0.05) is 30.9 Å². The second kappa shape index (κ2) is 7.18. The van der Waals surface area contributed by atoms with E-state index in [2.05, 4.69) is 15.5 Å². The van der Waals surface area contributed by atoms with Crippen LogP contribution >= 0.6 is 0 Å². The molecular weight excluding hydrogens is 366 g/mol. The Bertz CT molecular complexity index is 1100. The SMILES string of the molecule is CN(C)CC(=O)Nc1cccc2c1C(=O)c1c(-c3ccc(N(C)C)cc3)n[nH]c1-2. The monoisotopic (exact) mass is 389 g/mol. The number of H-pyrrole nitrogens is 1. The predicted molar refractivity (Wildman–Crippen MR) is 114 cm³/mol. The van der Waals surface area contributed by atoms with Gasteiger partial charge in [-0.15, -0.1) is 0 Å². The minimum Gasteiger partial charge on any atom is -0.378 e. The van der Waals surface area contributed by atoms with Crippen LogP contribution in [-0.2, 0) is 4.79 Å². The summed E-state index contributed by atoms with van der Waals surface area (Å²) in [5.74, 6) is -0.291. The van der Waals surface area contributed by atoms with E-state index < -0.39 is 0 Å². The van der Waals surface area contributed by atoms with Gasteiger partial charge in [0.15, 0.2) is 5.78 Å². The molecule has 7 heteroatoms. The Morgan fingerprint density at radius 3 is 2.41 bits per heavy atom. The van der Waals surface area contributed by atoms with Crippen LogP contribution in [0.1, 0.15) is 15.9 Å². The zero-order valence-electron chi connectivity index (χ0n) is 16.9. The van der Waals surface area contributed by atoms with Gasteiger partial charge in [-0.3, -0.25) is 14.7 Å². The minimum atomic E-state index is -0.163. The van der Waals surface area contributed by atoms with E-state index in [0.29, 0.717) is 28.2 Å². The Morgan fingerprint density at radius 2 is 1.76 bits per heavy atom. The molecule has 2 aromatic carbocycles. The van der Waals surface area contributed by atoms with E-state index in [4.69, 9.17) is 0 Å². The second-order valence-corrected chi connectivity index (χ2v) is 7.61. The van der Waals surface area contributed by atoms with Gasteiger partial charge >= 0.3 is 0 Å². The highest BCUT2D eigenvalue weighted by Crippen LogP contribution is 2.43. The number of aromatic nitrogens is 2. The van der Waals surface area contributed by atoms with Gasteiger partial charge in [-0.1, -0.05) is 24.3 Å². The number of ketones is 1. The average Bonchev–Trinajstić information content (AvgIpc) is 3.22. The second-order valence-electron chi connectivity index (χ2n) is 7.61. The lowest BCUT2D eigenvalue weighted by Gasteiger charge is -2.13. The molecule has 1 aliphatic carbocycles. The summed E-state index contributed by atoms with van der Waals surface area (Å²) in [6, 6.07) is 13.4. The fraction of sp³-hybridized carbons (Fsp3) is 0.227. The van der Waals surface area contributed by atoms with Gasteiger partial charge in [-0.2, -0.15) is 5.10 Å². The molecule has 0 saturated heterocycles. The number of carbonyl (C=O) groups is 2. The zero-order chi connectivity index (χ0) is 20.7. The number of aromatic amines is 1. The molecule has 1 heterocycles. The summed E-state index contributed by atoms with van der Waals surface area (Å²) in [7, 11) is 7.61. The van der Waals surface area contributed by atoms with E-state index in [1.54, 1.807) is 11.0 Å². The molecule has 0 radical (unpaired) electrons. The molecule has 0 aliphatic heterocycles. The van der Waals surface area contributed by atoms with Gasteiger partial charge in [-0.05, 0) is 32.3 Å². The topological polar surface area (TPSA) is 81.3 Å². The van der Waals surface area contributed by atoms with Crippen LogP contribution in [0.3, 0.4) is 0 Å². The first-order chi connectivity index (χ1) is 13.9. The summed E-state index contributed by atoms with van der Waals surface area (Å²) in [6.45, 7) is 0.244. The molecule has 0 spiro atoms. The van der Waals surface area contributed by atoms with Gasteiger partial charge in [0.1, 0.15) is 5.69 Å². The van der Waals surface area contributed by atoms with Crippen molar-refractivity contribution < 1.29 is 9.59 Å². The molecule has 7 nitrogen and oxygen atoms in total. The van der Waals surface area contributed by atoms with Crippen LogP contribution in [0.15, 0.2) is 42.5 Å². The van der Waals surface area contributed by atoms with E-state index in [0.717, 1.165) is 16.8 Å². The molecule has 0 bridgehead atoms. The summed E-state index contributed by atoms with van der Waals surface area (Å²) in [5, 5.41) is 10.3. The maximum absolute atomic E-state index is 13.3. The fourth-order valence-corrected chi connectivity index (χ4v) is 3.60. The number of nitrogens with one attached hydrogen (secondary N) is 2. The molecule has 2 N–H and O–H groups in total. The summed E-state index contributed by atoms with van der Waals surface area (Å²) in [6.07, 6.45) is 0. The highest BCUT2D eigenvalue weighted by atomic mass is 16.2. The smallest absolute Gasteiger partial charge is 0.238 e. The minimum absolute atomic E-state index is 0.129. The Kier molecular flexibility index (Phi) is 4.68. The van der Waals surface area contributed by atoms with Crippen molar-refractivity contribution >= 4 is 23.1 Å². The lowest BCUT2D eigenvalue weighted by atomic mass is 10.0. The van der Waals surface area contributed by atoms with E-state index in [9.17, 15) is 9.59 Å². The number of carbonyl (C=O) groups excluding carboxylic acids is 2. The van der Waals surface area contributed by atoms with Gasteiger partial charge in [0.2, 0.25) is 5.91 Å².